The molecule has 1 spiro atoms. The minimum atomic E-state index is -0.500. The molecule has 2 aliphatic rings. The lowest BCUT2D eigenvalue weighted by molar-refractivity contribution is 0.218. The highest BCUT2D eigenvalue weighted by atomic mass is 16.5. The van der Waals surface area contributed by atoms with E-state index in [1.54, 1.807) is 0 Å². The Balaban J connectivity index is 2.03. The molecule has 0 radical (unpaired) electrons. The first-order valence-corrected chi connectivity index (χ1v) is 3.81. The molecule has 2 heterocycles. The fourth-order valence-corrected chi connectivity index (χ4v) is 1.85. The Morgan fingerprint density at radius 2 is 2.50 bits per heavy atom. The van der Waals surface area contributed by atoms with Crippen LogP contribution in [0, 0.1) is 5.41 Å². The Morgan fingerprint density at radius 3 is 3.00 bits per heavy atom. The van der Waals surface area contributed by atoms with E-state index in [1.165, 1.54) is 0 Å². The second kappa shape index (κ2) is 2.22. The molecule has 0 amide bonds. The van der Waals surface area contributed by atoms with E-state index >= 15 is 0 Å². The van der Waals surface area contributed by atoms with Crippen LogP contribution < -0.4 is 5.32 Å². The van der Waals surface area contributed by atoms with Crippen LogP contribution in [0.2, 0.25) is 6.32 Å². The molecule has 0 bridgehead atoms. The Bertz CT molecular complexity index is 136. The normalized spacial score (nSPS) is 39.9. The Kier molecular flexibility index (Phi) is 1.48. The Labute approximate surface area is 60.9 Å². The van der Waals surface area contributed by atoms with Gasteiger partial charge in [-0.2, -0.15) is 0 Å². The van der Waals surface area contributed by atoms with Gasteiger partial charge >= 0.3 is 7.12 Å². The van der Waals surface area contributed by atoms with Gasteiger partial charge in [0.25, 0.3) is 0 Å². The minimum absolute atomic E-state index is 0.277. The highest BCUT2D eigenvalue weighted by Gasteiger charge is 2.44. The fraction of sp³-hybridized carbons (Fsp3) is 1.00. The zero-order valence-electron chi connectivity index (χ0n) is 5.97. The molecule has 1 atom stereocenters. The van der Waals surface area contributed by atoms with Gasteiger partial charge in [-0.1, -0.05) is 0 Å². The van der Waals surface area contributed by atoms with Gasteiger partial charge in [0, 0.05) is 18.6 Å². The molecule has 10 heavy (non-hydrogen) atoms. The van der Waals surface area contributed by atoms with Crippen LogP contribution in [-0.4, -0.2) is 31.8 Å². The average Bonchev–Trinajstić information content (AvgIpc) is 2.46. The van der Waals surface area contributed by atoms with Crippen LogP contribution in [0.15, 0.2) is 0 Å². The van der Waals surface area contributed by atoms with Gasteiger partial charge in [0.15, 0.2) is 0 Å². The van der Waals surface area contributed by atoms with Gasteiger partial charge in [0.05, 0.1) is 0 Å². The maximum Gasteiger partial charge on any atom is 0.454 e. The fourth-order valence-electron chi connectivity index (χ4n) is 1.85. The standard InChI is InChI=1S/C6H12BNO2/c9-7-3-6(5-10-7)1-2-8-4-6/h8-9H,1-5H2. The second-order valence-corrected chi connectivity index (χ2v) is 3.40. The predicted octanol–water partition coefficient (Wildman–Crippen LogP) is -0.523. The summed E-state index contributed by atoms with van der Waals surface area (Å²) in [5, 5.41) is 12.4. The number of rotatable bonds is 0. The molecule has 4 heteroatoms. The van der Waals surface area contributed by atoms with Crippen molar-refractivity contribution in [1.29, 1.82) is 0 Å². The summed E-state index contributed by atoms with van der Waals surface area (Å²) in [6.45, 7) is 2.83. The van der Waals surface area contributed by atoms with Gasteiger partial charge in [0.1, 0.15) is 0 Å². The van der Waals surface area contributed by atoms with Crippen LogP contribution >= 0.6 is 0 Å². The van der Waals surface area contributed by atoms with E-state index in [1.807, 2.05) is 0 Å². The zero-order valence-corrected chi connectivity index (χ0v) is 5.97. The Morgan fingerprint density at radius 1 is 1.60 bits per heavy atom. The largest absolute Gasteiger partial charge is 0.454 e. The molecule has 2 N–H and O–H groups in total. The molecule has 2 aliphatic heterocycles. The van der Waals surface area contributed by atoms with E-state index < -0.39 is 7.12 Å². The summed E-state index contributed by atoms with van der Waals surface area (Å²) in [5.41, 5.74) is 0.277. The molecule has 0 aromatic carbocycles. The zero-order chi connectivity index (χ0) is 7.03. The van der Waals surface area contributed by atoms with Gasteiger partial charge in [0.2, 0.25) is 0 Å². The molecule has 2 rings (SSSR count). The first kappa shape index (κ1) is 6.64. The summed E-state index contributed by atoms with van der Waals surface area (Å²) in [6.07, 6.45) is 1.98. The van der Waals surface area contributed by atoms with Crippen molar-refractivity contribution in [1.82, 2.24) is 5.32 Å². The van der Waals surface area contributed by atoms with Crippen molar-refractivity contribution in [2.45, 2.75) is 12.7 Å². The van der Waals surface area contributed by atoms with E-state index in [4.69, 9.17) is 9.68 Å². The summed E-state index contributed by atoms with van der Waals surface area (Å²) >= 11 is 0. The highest BCUT2D eigenvalue weighted by Crippen LogP contribution is 2.36. The van der Waals surface area contributed by atoms with E-state index in [2.05, 4.69) is 5.32 Å². The molecular weight excluding hydrogens is 129 g/mol. The molecule has 3 nitrogen and oxygen atoms in total. The van der Waals surface area contributed by atoms with Crippen molar-refractivity contribution in [2.24, 2.45) is 5.41 Å². The van der Waals surface area contributed by atoms with Crippen LogP contribution in [0.3, 0.4) is 0 Å². The summed E-state index contributed by atoms with van der Waals surface area (Å²) in [4.78, 5) is 0. The van der Waals surface area contributed by atoms with Gasteiger partial charge in [-0.3, -0.25) is 0 Å². The van der Waals surface area contributed by atoms with Crippen LogP contribution in [0.4, 0.5) is 0 Å². The van der Waals surface area contributed by atoms with Crippen molar-refractivity contribution in [3.8, 4) is 0 Å². The maximum absolute atomic E-state index is 9.10. The third kappa shape index (κ3) is 0.963. The molecule has 0 aliphatic carbocycles. The van der Waals surface area contributed by atoms with Crippen molar-refractivity contribution in [3.05, 3.63) is 0 Å². The van der Waals surface area contributed by atoms with Crippen LogP contribution in [0.5, 0.6) is 0 Å². The molecule has 56 valence electrons. The van der Waals surface area contributed by atoms with Gasteiger partial charge in [-0.15, -0.1) is 0 Å². The smallest absolute Gasteiger partial charge is 0.427 e. The third-order valence-electron chi connectivity index (χ3n) is 2.52. The maximum atomic E-state index is 9.10. The molecule has 2 fully saturated rings. The lowest BCUT2D eigenvalue weighted by Crippen LogP contribution is -2.23. The third-order valence-corrected chi connectivity index (χ3v) is 2.52. The van der Waals surface area contributed by atoms with Crippen LogP contribution in [-0.2, 0) is 4.65 Å². The Hall–Kier alpha value is -0.0551. The second-order valence-electron chi connectivity index (χ2n) is 3.40. The lowest BCUT2D eigenvalue weighted by Gasteiger charge is -2.17. The number of hydrogen-bond donors (Lipinski definition) is 2. The van der Waals surface area contributed by atoms with Crippen LogP contribution in [0.25, 0.3) is 0 Å². The van der Waals surface area contributed by atoms with Gasteiger partial charge in [-0.25, -0.2) is 0 Å². The summed E-state index contributed by atoms with van der Waals surface area (Å²) in [7, 11) is -0.500. The van der Waals surface area contributed by atoms with E-state index in [9.17, 15) is 0 Å². The summed E-state index contributed by atoms with van der Waals surface area (Å²) in [6, 6.07) is 0. The first-order valence-electron chi connectivity index (χ1n) is 3.81. The molecular formula is C6H12BNO2. The summed E-state index contributed by atoms with van der Waals surface area (Å²) in [5.74, 6) is 0. The SMILES string of the molecule is OB1CC2(CCNC2)CO1. The van der Waals surface area contributed by atoms with Crippen molar-refractivity contribution in [3.63, 3.8) is 0 Å². The molecule has 2 saturated heterocycles. The monoisotopic (exact) mass is 141 g/mol. The van der Waals surface area contributed by atoms with Crippen molar-refractivity contribution < 1.29 is 9.68 Å². The van der Waals surface area contributed by atoms with Crippen molar-refractivity contribution >= 4 is 7.12 Å². The van der Waals surface area contributed by atoms with E-state index in [-0.39, 0.29) is 5.41 Å². The minimum Gasteiger partial charge on any atom is -0.427 e. The van der Waals surface area contributed by atoms with E-state index in [0.717, 1.165) is 32.4 Å². The van der Waals surface area contributed by atoms with Gasteiger partial charge in [-0.05, 0) is 19.3 Å². The van der Waals surface area contributed by atoms with Crippen LogP contribution in [0.1, 0.15) is 6.42 Å². The lowest BCUT2D eigenvalue weighted by atomic mass is 9.72. The molecule has 0 saturated carbocycles. The number of nitrogens with one attached hydrogen (secondary N) is 1. The molecule has 0 aromatic rings. The highest BCUT2D eigenvalue weighted by molar-refractivity contribution is 6.43. The average molecular weight is 141 g/mol. The topological polar surface area (TPSA) is 41.5 Å². The predicted molar refractivity (Wildman–Crippen MR) is 38.7 cm³/mol. The molecule has 0 aromatic heterocycles. The van der Waals surface area contributed by atoms with Crippen molar-refractivity contribution in [2.75, 3.05) is 19.7 Å². The first-order chi connectivity index (χ1) is 4.81. The quantitative estimate of drug-likeness (QED) is 0.446. The number of hydrogen-bond acceptors (Lipinski definition) is 3. The van der Waals surface area contributed by atoms with Gasteiger partial charge < -0.3 is 15.0 Å². The summed E-state index contributed by atoms with van der Waals surface area (Å²) < 4.78 is 5.11. The van der Waals surface area contributed by atoms with E-state index in [0.29, 0.717) is 0 Å². The molecule has 1 unspecified atom stereocenters.